The number of nitrogens with zero attached hydrogens (tertiary/aromatic N) is 1. The minimum Gasteiger partial charge on any atom is -0.467 e. The van der Waals surface area contributed by atoms with Gasteiger partial charge in [-0.15, -0.1) is 0 Å². The average Bonchev–Trinajstić information content (AvgIpc) is 2.48. The van der Waals surface area contributed by atoms with Crippen LogP contribution in [-0.4, -0.2) is 36.5 Å². The fourth-order valence-electron chi connectivity index (χ4n) is 2.58. The lowest BCUT2D eigenvalue weighted by Gasteiger charge is -2.34. The van der Waals surface area contributed by atoms with Crippen molar-refractivity contribution in [2.75, 3.05) is 19.4 Å². The number of likely N-dealkylation sites (tertiary alicyclic amines) is 1. The maximum Gasteiger partial charge on any atom is 0.328 e. The summed E-state index contributed by atoms with van der Waals surface area (Å²) < 4.78 is 4.80. The molecule has 1 fully saturated rings. The number of para-hydroxylation sites is 1. The summed E-state index contributed by atoms with van der Waals surface area (Å²) in [6.07, 6.45) is 2.46. The Morgan fingerprint density at radius 2 is 2.10 bits per heavy atom. The number of aryl methyl sites for hydroxylation is 1. The van der Waals surface area contributed by atoms with Gasteiger partial charge in [0.2, 0.25) is 0 Å². The molecule has 0 saturated carbocycles. The quantitative estimate of drug-likeness (QED) is 0.659. The molecule has 2 N–H and O–H groups in total. The van der Waals surface area contributed by atoms with Gasteiger partial charge in [0.1, 0.15) is 6.04 Å². The van der Waals surface area contributed by atoms with Gasteiger partial charge in [0, 0.05) is 12.2 Å². The first-order valence-electron chi connectivity index (χ1n) is 6.80. The van der Waals surface area contributed by atoms with E-state index in [4.69, 9.17) is 10.5 Å². The van der Waals surface area contributed by atoms with Crippen molar-refractivity contribution in [1.29, 1.82) is 0 Å². The van der Waals surface area contributed by atoms with E-state index in [1.807, 2.05) is 13.0 Å². The Hall–Kier alpha value is -2.04. The molecule has 2 rings (SSSR count). The van der Waals surface area contributed by atoms with E-state index < -0.39 is 6.04 Å². The summed E-state index contributed by atoms with van der Waals surface area (Å²) in [5, 5.41) is 0. The van der Waals surface area contributed by atoms with Crippen molar-refractivity contribution in [1.82, 2.24) is 4.90 Å². The lowest BCUT2D eigenvalue weighted by Crippen LogP contribution is -2.48. The molecule has 1 saturated heterocycles. The zero-order valence-corrected chi connectivity index (χ0v) is 11.9. The highest BCUT2D eigenvalue weighted by atomic mass is 16.5. The number of nitrogen functional groups attached to an aromatic ring is 1. The van der Waals surface area contributed by atoms with Gasteiger partial charge in [0.25, 0.3) is 5.91 Å². The van der Waals surface area contributed by atoms with Crippen LogP contribution in [-0.2, 0) is 9.53 Å². The fraction of sp³-hybridized carbons (Fsp3) is 0.467. The number of rotatable bonds is 2. The molecular weight excluding hydrogens is 256 g/mol. The van der Waals surface area contributed by atoms with Crippen LogP contribution in [0.4, 0.5) is 5.69 Å². The van der Waals surface area contributed by atoms with Crippen LogP contribution >= 0.6 is 0 Å². The van der Waals surface area contributed by atoms with Gasteiger partial charge in [-0.3, -0.25) is 4.79 Å². The second-order valence-corrected chi connectivity index (χ2v) is 5.07. The summed E-state index contributed by atoms with van der Waals surface area (Å²) in [4.78, 5) is 26.0. The molecule has 1 heterocycles. The molecule has 108 valence electrons. The van der Waals surface area contributed by atoms with Crippen LogP contribution in [0.2, 0.25) is 0 Å². The number of methoxy groups -OCH3 is 1. The number of piperidine rings is 1. The van der Waals surface area contributed by atoms with Crippen molar-refractivity contribution >= 4 is 17.6 Å². The Balaban J connectivity index is 2.30. The topological polar surface area (TPSA) is 72.6 Å². The molecule has 0 aromatic heterocycles. The Morgan fingerprint density at radius 3 is 2.80 bits per heavy atom. The van der Waals surface area contributed by atoms with Crippen LogP contribution < -0.4 is 5.73 Å². The van der Waals surface area contributed by atoms with Gasteiger partial charge in [-0.05, 0) is 37.8 Å². The number of benzene rings is 1. The molecule has 0 bridgehead atoms. The van der Waals surface area contributed by atoms with E-state index in [1.165, 1.54) is 7.11 Å². The number of amides is 1. The molecule has 20 heavy (non-hydrogen) atoms. The van der Waals surface area contributed by atoms with E-state index in [1.54, 1.807) is 17.0 Å². The van der Waals surface area contributed by atoms with Crippen molar-refractivity contribution < 1.29 is 14.3 Å². The number of hydrogen-bond donors (Lipinski definition) is 1. The molecule has 1 aromatic carbocycles. The molecule has 0 spiro atoms. The maximum atomic E-state index is 12.6. The number of nitrogens with two attached hydrogens (primary N) is 1. The highest BCUT2D eigenvalue weighted by Gasteiger charge is 2.33. The summed E-state index contributed by atoms with van der Waals surface area (Å²) in [5.41, 5.74) is 7.78. The number of esters is 1. The third-order valence-electron chi connectivity index (χ3n) is 3.79. The van der Waals surface area contributed by atoms with E-state index in [9.17, 15) is 9.59 Å². The van der Waals surface area contributed by atoms with E-state index in [0.29, 0.717) is 24.2 Å². The van der Waals surface area contributed by atoms with Crippen LogP contribution in [0, 0.1) is 6.92 Å². The van der Waals surface area contributed by atoms with Gasteiger partial charge in [0.05, 0.1) is 12.7 Å². The van der Waals surface area contributed by atoms with Gasteiger partial charge >= 0.3 is 5.97 Å². The molecule has 1 aliphatic heterocycles. The lowest BCUT2D eigenvalue weighted by atomic mass is 9.99. The smallest absolute Gasteiger partial charge is 0.328 e. The Morgan fingerprint density at radius 1 is 1.35 bits per heavy atom. The largest absolute Gasteiger partial charge is 0.467 e. The van der Waals surface area contributed by atoms with Crippen molar-refractivity contribution in [2.45, 2.75) is 32.2 Å². The third-order valence-corrected chi connectivity index (χ3v) is 3.79. The molecule has 5 heteroatoms. The first kappa shape index (κ1) is 14.4. The molecular formula is C15H20N2O3. The van der Waals surface area contributed by atoms with E-state index in [0.717, 1.165) is 18.4 Å². The van der Waals surface area contributed by atoms with Gasteiger partial charge in [-0.25, -0.2) is 4.79 Å². The normalized spacial score (nSPS) is 18.7. The highest BCUT2D eigenvalue weighted by Crippen LogP contribution is 2.24. The minimum atomic E-state index is -0.499. The monoisotopic (exact) mass is 276 g/mol. The second-order valence-electron chi connectivity index (χ2n) is 5.07. The molecule has 1 unspecified atom stereocenters. The number of anilines is 1. The predicted octanol–water partition coefficient (Wildman–Crippen LogP) is 1.74. The second kappa shape index (κ2) is 5.94. The van der Waals surface area contributed by atoms with Crippen LogP contribution in [0.5, 0.6) is 0 Å². The van der Waals surface area contributed by atoms with Crippen LogP contribution in [0.1, 0.15) is 35.2 Å². The minimum absolute atomic E-state index is 0.193. The molecule has 0 radical (unpaired) electrons. The van der Waals surface area contributed by atoms with E-state index >= 15 is 0 Å². The predicted molar refractivity (Wildman–Crippen MR) is 76.3 cm³/mol. The SMILES string of the molecule is COC(=O)C1CCCCN1C(=O)c1cccc(C)c1N. The fourth-order valence-corrected chi connectivity index (χ4v) is 2.58. The van der Waals surface area contributed by atoms with Crippen molar-refractivity contribution in [3.05, 3.63) is 29.3 Å². The average molecular weight is 276 g/mol. The van der Waals surface area contributed by atoms with Gasteiger partial charge in [-0.2, -0.15) is 0 Å². The van der Waals surface area contributed by atoms with Crippen LogP contribution in [0.25, 0.3) is 0 Å². The summed E-state index contributed by atoms with van der Waals surface area (Å²) in [7, 11) is 1.35. The molecule has 1 aliphatic rings. The number of hydrogen-bond acceptors (Lipinski definition) is 4. The number of carbonyl (C=O) groups excluding carboxylic acids is 2. The lowest BCUT2D eigenvalue weighted by molar-refractivity contribution is -0.147. The molecule has 1 atom stereocenters. The van der Waals surface area contributed by atoms with Gasteiger partial charge in [-0.1, -0.05) is 12.1 Å². The highest BCUT2D eigenvalue weighted by molar-refractivity contribution is 6.01. The summed E-state index contributed by atoms with van der Waals surface area (Å²) in [6.45, 7) is 2.42. The molecule has 1 aromatic rings. The third kappa shape index (κ3) is 2.61. The summed E-state index contributed by atoms with van der Waals surface area (Å²) in [5.74, 6) is -0.550. The zero-order chi connectivity index (χ0) is 14.7. The van der Waals surface area contributed by atoms with E-state index in [2.05, 4.69) is 0 Å². The van der Waals surface area contributed by atoms with Crippen LogP contribution in [0.15, 0.2) is 18.2 Å². The Labute approximate surface area is 118 Å². The Kier molecular flexibility index (Phi) is 4.27. The molecule has 1 amide bonds. The standard InChI is InChI=1S/C15H20N2O3/c1-10-6-5-7-11(13(10)16)14(18)17-9-4-3-8-12(17)15(19)20-2/h5-7,12H,3-4,8-9,16H2,1-2H3. The summed E-state index contributed by atoms with van der Waals surface area (Å²) >= 11 is 0. The molecule has 5 nitrogen and oxygen atoms in total. The first-order chi connectivity index (χ1) is 9.56. The van der Waals surface area contributed by atoms with Gasteiger partial charge in [0.15, 0.2) is 0 Å². The van der Waals surface area contributed by atoms with Crippen molar-refractivity contribution in [3.63, 3.8) is 0 Å². The van der Waals surface area contributed by atoms with Crippen LogP contribution in [0.3, 0.4) is 0 Å². The number of ether oxygens (including phenoxy) is 1. The zero-order valence-electron chi connectivity index (χ0n) is 11.9. The summed E-state index contributed by atoms with van der Waals surface area (Å²) in [6, 6.07) is 4.87. The molecule has 0 aliphatic carbocycles. The van der Waals surface area contributed by atoms with Crippen molar-refractivity contribution in [3.8, 4) is 0 Å². The van der Waals surface area contributed by atoms with Gasteiger partial charge < -0.3 is 15.4 Å². The Bertz CT molecular complexity index is 528. The number of carbonyl (C=O) groups is 2. The van der Waals surface area contributed by atoms with E-state index in [-0.39, 0.29) is 11.9 Å². The maximum absolute atomic E-state index is 12.6. The van der Waals surface area contributed by atoms with Crippen molar-refractivity contribution in [2.24, 2.45) is 0 Å². The first-order valence-corrected chi connectivity index (χ1v) is 6.80.